The van der Waals surface area contributed by atoms with Gasteiger partial charge in [-0.1, -0.05) is 12.1 Å². The van der Waals surface area contributed by atoms with Crippen LogP contribution in [-0.4, -0.2) is 29.6 Å². The van der Waals surface area contributed by atoms with Crippen molar-refractivity contribution in [1.29, 1.82) is 0 Å². The molecule has 1 rings (SSSR count). The van der Waals surface area contributed by atoms with Crippen molar-refractivity contribution in [2.24, 2.45) is 0 Å². The normalized spacial score (nSPS) is 11.8. The van der Waals surface area contributed by atoms with Crippen LogP contribution in [0.15, 0.2) is 18.2 Å². The van der Waals surface area contributed by atoms with E-state index >= 15 is 0 Å². The molecule has 18 heavy (non-hydrogen) atoms. The van der Waals surface area contributed by atoms with Gasteiger partial charge in [0, 0.05) is 12.2 Å². The predicted octanol–water partition coefficient (Wildman–Crippen LogP) is 0.739. The van der Waals surface area contributed by atoms with Crippen molar-refractivity contribution in [2.75, 3.05) is 11.9 Å². The monoisotopic (exact) mass is 250 g/mol. The molecule has 0 heterocycles. The summed E-state index contributed by atoms with van der Waals surface area (Å²) >= 11 is 0. The van der Waals surface area contributed by atoms with E-state index in [-0.39, 0.29) is 6.54 Å². The van der Waals surface area contributed by atoms with E-state index in [0.29, 0.717) is 5.69 Å². The number of amides is 2. The molecule has 1 aromatic rings. The van der Waals surface area contributed by atoms with Crippen LogP contribution < -0.4 is 10.6 Å². The van der Waals surface area contributed by atoms with Gasteiger partial charge in [-0.05, 0) is 38.0 Å². The zero-order valence-corrected chi connectivity index (χ0v) is 10.8. The molecule has 0 saturated heterocycles. The molecule has 2 amide bonds. The summed E-state index contributed by atoms with van der Waals surface area (Å²) in [5.41, 5.74) is 2.50. The van der Waals surface area contributed by atoms with Crippen molar-refractivity contribution in [3.63, 3.8) is 0 Å². The lowest BCUT2D eigenvalue weighted by atomic mass is 10.1. The molecule has 0 fully saturated rings. The van der Waals surface area contributed by atoms with Gasteiger partial charge in [-0.15, -0.1) is 0 Å². The molecule has 0 unspecified atom stereocenters. The van der Waals surface area contributed by atoms with Gasteiger partial charge >= 0.3 is 11.8 Å². The quantitative estimate of drug-likeness (QED) is 0.692. The van der Waals surface area contributed by atoms with Crippen molar-refractivity contribution in [1.82, 2.24) is 5.32 Å². The van der Waals surface area contributed by atoms with Crippen molar-refractivity contribution in [3.8, 4) is 0 Å². The molecule has 1 aromatic carbocycles. The Bertz CT molecular complexity index is 456. The lowest BCUT2D eigenvalue weighted by Crippen LogP contribution is -2.38. The lowest BCUT2D eigenvalue weighted by molar-refractivity contribution is -0.136. The van der Waals surface area contributed by atoms with Crippen LogP contribution in [0.4, 0.5) is 5.69 Å². The highest BCUT2D eigenvalue weighted by atomic mass is 16.3. The van der Waals surface area contributed by atoms with Gasteiger partial charge < -0.3 is 15.7 Å². The summed E-state index contributed by atoms with van der Waals surface area (Å²) in [6.07, 6.45) is -0.678. The minimum atomic E-state index is -0.753. The zero-order chi connectivity index (χ0) is 13.7. The van der Waals surface area contributed by atoms with E-state index in [4.69, 9.17) is 5.11 Å². The van der Waals surface area contributed by atoms with Crippen LogP contribution >= 0.6 is 0 Å². The smallest absolute Gasteiger partial charge is 0.313 e. The molecule has 0 bridgehead atoms. The number of hydrogen-bond donors (Lipinski definition) is 3. The Morgan fingerprint density at radius 2 is 1.94 bits per heavy atom. The summed E-state index contributed by atoms with van der Waals surface area (Å²) in [4.78, 5) is 23.0. The summed E-state index contributed by atoms with van der Waals surface area (Å²) in [6, 6.07) is 5.60. The number of aliphatic hydroxyl groups is 1. The molecule has 0 saturated carbocycles. The minimum Gasteiger partial charge on any atom is -0.392 e. The molecule has 98 valence electrons. The maximum absolute atomic E-state index is 11.6. The fourth-order valence-electron chi connectivity index (χ4n) is 1.37. The average Bonchev–Trinajstić information content (AvgIpc) is 2.30. The molecule has 3 N–H and O–H groups in total. The van der Waals surface area contributed by atoms with Gasteiger partial charge in [0.15, 0.2) is 0 Å². The maximum Gasteiger partial charge on any atom is 0.313 e. The first-order valence-electron chi connectivity index (χ1n) is 5.74. The highest BCUT2D eigenvalue weighted by Crippen LogP contribution is 2.15. The van der Waals surface area contributed by atoms with Gasteiger partial charge in [0.1, 0.15) is 0 Å². The Balaban J connectivity index is 2.64. The number of rotatable bonds is 3. The molecular weight excluding hydrogens is 232 g/mol. The van der Waals surface area contributed by atoms with E-state index in [1.807, 2.05) is 26.0 Å². The van der Waals surface area contributed by atoms with E-state index in [1.54, 1.807) is 6.07 Å². The van der Waals surface area contributed by atoms with Crippen LogP contribution in [0.5, 0.6) is 0 Å². The second-order valence-corrected chi connectivity index (χ2v) is 4.33. The Hall–Kier alpha value is -1.88. The first-order valence-corrected chi connectivity index (χ1v) is 5.74. The van der Waals surface area contributed by atoms with Gasteiger partial charge in [0.25, 0.3) is 0 Å². The summed E-state index contributed by atoms with van der Waals surface area (Å²) in [5.74, 6) is -1.49. The predicted molar refractivity (Wildman–Crippen MR) is 69.2 cm³/mol. The Morgan fingerprint density at radius 3 is 2.56 bits per heavy atom. The highest BCUT2D eigenvalue weighted by Gasteiger charge is 2.14. The molecule has 0 aliphatic heterocycles. The summed E-state index contributed by atoms with van der Waals surface area (Å²) in [5, 5.41) is 13.9. The highest BCUT2D eigenvalue weighted by molar-refractivity contribution is 6.39. The first-order chi connectivity index (χ1) is 8.40. The van der Waals surface area contributed by atoms with Crippen molar-refractivity contribution in [2.45, 2.75) is 26.9 Å². The van der Waals surface area contributed by atoms with Crippen LogP contribution in [-0.2, 0) is 9.59 Å². The summed E-state index contributed by atoms with van der Waals surface area (Å²) < 4.78 is 0. The molecule has 5 heteroatoms. The number of carbonyl (C=O) groups excluding carboxylic acids is 2. The van der Waals surface area contributed by atoms with E-state index in [1.165, 1.54) is 6.92 Å². The van der Waals surface area contributed by atoms with Crippen molar-refractivity contribution < 1.29 is 14.7 Å². The third-order valence-corrected chi connectivity index (χ3v) is 2.41. The maximum atomic E-state index is 11.6. The molecule has 5 nitrogen and oxygen atoms in total. The van der Waals surface area contributed by atoms with Crippen LogP contribution in [0.1, 0.15) is 18.1 Å². The van der Waals surface area contributed by atoms with Gasteiger partial charge in [-0.25, -0.2) is 0 Å². The Kier molecular flexibility index (Phi) is 4.85. The number of hydrogen-bond acceptors (Lipinski definition) is 3. The van der Waals surface area contributed by atoms with Crippen LogP contribution in [0, 0.1) is 13.8 Å². The van der Waals surface area contributed by atoms with Crippen molar-refractivity contribution >= 4 is 17.5 Å². The number of anilines is 1. The van der Waals surface area contributed by atoms with Crippen molar-refractivity contribution in [3.05, 3.63) is 29.3 Å². The first kappa shape index (κ1) is 14.2. The lowest BCUT2D eigenvalue weighted by Gasteiger charge is -2.10. The van der Waals surface area contributed by atoms with Gasteiger partial charge in [0.05, 0.1) is 6.10 Å². The number of nitrogens with one attached hydrogen (secondary N) is 2. The Labute approximate surface area is 106 Å². The average molecular weight is 250 g/mol. The van der Waals surface area contributed by atoms with E-state index in [0.717, 1.165) is 11.1 Å². The third-order valence-electron chi connectivity index (χ3n) is 2.41. The van der Waals surface area contributed by atoms with Crippen LogP contribution in [0.2, 0.25) is 0 Å². The molecule has 0 aliphatic carbocycles. The zero-order valence-electron chi connectivity index (χ0n) is 10.8. The molecular formula is C13H18N2O3. The number of benzene rings is 1. The molecule has 0 aliphatic rings. The molecule has 0 spiro atoms. The largest absolute Gasteiger partial charge is 0.392 e. The molecule has 0 radical (unpaired) electrons. The Morgan fingerprint density at radius 1 is 1.28 bits per heavy atom. The second kappa shape index (κ2) is 6.16. The SMILES string of the molecule is Cc1ccc(C)c(NC(=O)C(=O)NC[C@H](C)O)c1. The topological polar surface area (TPSA) is 78.4 Å². The van der Waals surface area contributed by atoms with Gasteiger partial charge in [-0.2, -0.15) is 0 Å². The van der Waals surface area contributed by atoms with Gasteiger partial charge in [0.2, 0.25) is 0 Å². The molecule has 1 atom stereocenters. The molecule has 0 aromatic heterocycles. The number of aliphatic hydroxyl groups excluding tert-OH is 1. The second-order valence-electron chi connectivity index (χ2n) is 4.33. The van der Waals surface area contributed by atoms with Crippen LogP contribution in [0.3, 0.4) is 0 Å². The van der Waals surface area contributed by atoms with E-state index in [2.05, 4.69) is 10.6 Å². The minimum absolute atomic E-state index is 0.0546. The summed E-state index contributed by atoms with van der Waals surface area (Å²) in [6.45, 7) is 5.34. The van der Waals surface area contributed by atoms with Crippen LogP contribution in [0.25, 0.3) is 0 Å². The number of aryl methyl sites for hydroxylation is 2. The summed E-state index contributed by atoms with van der Waals surface area (Å²) in [7, 11) is 0. The third kappa shape index (κ3) is 4.18. The fraction of sp³-hybridized carbons (Fsp3) is 0.385. The standard InChI is InChI=1S/C13H18N2O3/c1-8-4-5-9(2)11(6-8)15-13(18)12(17)14-7-10(3)16/h4-6,10,16H,7H2,1-3H3,(H,14,17)(H,15,18)/t10-/m0/s1. The van der Waals surface area contributed by atoms with E-state index < -0.39 is 17.9 Å². The number of carbonyl (C=O) groups is 2. The van der Waals surface area contributed by atoms with Gasteiger partial charge in [-0.3, -0.25) is 9.59 Å². The van der Waals surface area contributed by atoms with E-state index in [9.17, 15) is 9.59 Å². The fourth-order valence-corrected chi connectivity index (χ4v) is 1.37.